The highest BCUT2D eigenvalue weighted by atomic mass is 16.4. The van der Waals surface area contributed by atoms with E-state index in [9.17, 15) is 4.79 Å². The zero-order valence-electron chi connectivity index (χ0n) is 6.50. The average Bonchev–Trinajstić information content (AvgIpc) is 2.43. The summed E-state index contributed by atoms with van der Waals surface area (Å²) in [4.78, 5) is 10.5. The molecule has 0 spiro atoms. The second kappa shape index (κ2) is 2.60. The van der Waals surface area contributed by atoms with E-state index < -0.39 is 5.97 Å². The number of carbonyl (C=O) groups is 1. The summed E-state index contributed by atoms with van der Waals surface area (Å²) in [5.74, 6) is 0.269. The molecular weight excluding hydrogens is 128 g/mol. The molecule has 1 saturated carbocycles. The second-order valence-electron chi connectivity index (χ2n) is 3.18. The lowest BCUT2D eigenvalue weighted by molar-refractivity contribution is -0.139. The Bertz CT molecular complexity index is 142. The first kappa shape index (κ1) is 7.58. The molecular formula is C8H14O2. The van der Waals surface area contributed by atoms with E-state index >= 15 is 0 Å². The molecule has 1 N–H and O–H groups in total. The normalized spacial score (nSPS) is 37.6. The van der Waals surface area contributed by atoms with Crippen LogP contribution < -0.4 is 0 Å². The van der Waals surface area contributed by atoms with Gasteiger partial charge in [0.1, 0.15) is 0 Å². The largest absolute Gasteiger partial charge is 0.481 e. The maximum atomic E-state index is 10.5. The lowest BCUT2D eigenvalue weighted by Crippen LogP contribution is -1.99. The van der Waals surface area contributed by atoms with Crippen LogP contribution in [0.15, 0.2) is 0 Å². The van der Waals surface area contributed by atoms with Crippen LogP contribution >= 0.6 is 0 Å². The number of aliphatic carboxylic acids is 1. The van der Waals surface area contributed by atoms with Crippen molar-refractivity contribution >= 4 is 5.97 Å². The van der Waals surface area contributed by atoms with Gasteiger partial charge >= 0.3 is 5.97 Å². The Balaban J connectivity index is 2.34. The smallest absolute Gasteiger partial charge is 0.307 e. The zero-order valence-corrected chi connectivity index (χ0v) is 6.50. The first-order chi connectivity index (χ1) is 4.68. The first-order valence-electron chi connectivity index (χ1n) is 3.91. The van der Waals surface area contributed by atoms with Gasteiger partial charge in [-0.2, -0.15) is 0 Å². The van der Waals surface area contributed by atoms with Crippen molar-refractivity contribution in [1.82, 2.24) is 0 Å². The van der Waals surface area contributed by atoms with E-state index in [0.717, 1.165) is 12.8 Å². The standard InChI is InChI=1S/C8H14O2/c1-3-4-6-5(2)7(6)8(9)10/h5-7H,3-4H2,1-2H3,(H,9,10)/t5-,6+,7+/m0/s1. The number of carboxylic acid groups (broad SMARTS) is 1. The molecule has 1 rings (SSSR count). The molecule has 0 aromatic heterocycles. The minimum absolute atomic E-state index is 0.0278. The van der Waals surface area contributed by atoms with E-state index in [0.29, 0.717) is 11.8 Å². The fourth-order valence-electron chi connectivity index (χ4n) is 1.73. The fraction of sp³-hybridized carbons (Fsp3) is 0.875. The number of carboxylic acids is 1. The van der Waals surface area contributed by atoms with E-state index in [1.54, 1.807) is 0 Å². The molecule has 0 aliphatic heterocycles. The van der Waals surface area contributed by atoms with Crippen molar-refractivity contribution in [3.8, 4) is 0 Å². The summed E-state index contributed by atoms with van der Waals surface area (Å²) in [5, 5.41) is 8.62. The Morgan fingerprint density at radius 2 is 2.20 bits per heavy atom. The minimum Gasteiger partial charge on any atom is -0.481 e. The van der Waals surface area contributed by atoms with Gasteiger partial charge in [-0.15, -0.1) is 0 Å². The lowest BCUT2D eigenvalue weighted by Gasteiger charge is -1.89. The summed E-state index contributed by atoms with van der Waals surface area (Å²) in [5.41, 5.74) is 0. The summed E-state index contributed by atoms with van der Waals surface area (Å²) in [7, 11) is 0. The van der Waals surface area contributed by atoms with E-state index in [1.165, 1.54) is 0 Å². The zero-order chi connectivity index (χ0) is 7.72. The van der Waals surface area contributed by atoms with Crippen molar-refractivity contribution in [2.45, 2.75) is 26.7 Å². The van der Waals surface area contributed by atoms with Crippen LogP contribution in [0.1, 0.15) is 26.7 Å². The molecule has 3 atom stereocenters. The Labute approximate surface area is 61.2 Å². The molecule has 0 radical (unpaired) electrons. The number of rotatable bonds is 3. The molecule has 0 aromatic carbocycles. The van der Waals surface area contributed by atoms with Gasteiger partial charge in [-0.25, -0.2) is 0 Å². The van der Waals surface area contributed by atoms with Gasteiger partial charge in [-0.1, -0.05) is 20.3 Å². The van der Waals surface area contributed by atoms with Crippen LogP contribution in [0.25, 0.3) is 0 Å². The van der Waals surface area contributed by atoms with Crippen LogP contribution in [0.5, 0.6) is 0 Å². The monoisotopic (exact) mass is 142 g/mol. The van der Waals surface area contributed by atoms with Crippen molar-refractivity contribution in [2.75, 3.05) is 0 Å². The van der Waals surface area contributed by atoms with Gasteiger partial charge in [-0.05, 0) is 18.3 Å². The van der Waals surface area contributed by atoms with Crippen LogP contribution in [-0.2, 0) is 4.79 Å². The quantitative estimate of drug-likeness (QED) is 0.651. The number of hydrogen-bond acceptors (Lipinski definition) is 1. The molecule has 2 heteroatoms. The molecule has 1 aliphatic carbocycles. The Morgan fingerprint density at radius 1 is 1.60 bits per heavy atom. The van der Waals surface area contributed by atoms with Gasteiger partial charge in [-0.3, -0.25) is 4.79 Å². The molecule has 1 fully saturated rings. The fourth-order valence-corrected chi connectivity index (χ4v) is 1.73. The highest BCUT2D eigenvalue weighted by molar-refractivity contribution is 5.74. The van der Waals surface area contributed by atoms with Crippen molar-refractivity contribution < 1.29 is 9.90 Å². The third kappa shape index (κ3) is 1.15. The molecule has 0 aromatic rings. The highest BCUT2D eigenvalue weighted by Gasteiger charge is 2.50. The van der Waals surface area contributed by atoms with Gasteiger partial charge in [0.2, 0.25) is 0 Å². The summed E-state index contributed by atoms with van der Waals surface area (Å²) in [6.45, 7) is 4.13. The topological polar surface area (TPSA) is 37.3 Å². The van der Waals surface area contributed by atoms with Crippen LogP contribution in [0.4, 0.5) is 0 Å². The molecule has 0 amide bonds. The molecule has 10 heavy (non-hydrogen) atoms. The molecule has 0 heterocycles. The maximum absolute atomic E-state index is 10.5. The van der Waals surface area contributed by atoms with E-state index in [1.807, 2.05) is 6.92 Å². The van der Waals surface area contributed by atoms with Crippen molar-refractivity contribution in [1.29, 1.82) is 0 Å². The summed E-state index contributed by atoms with van der Waals surface area (Å²) >= 11 is 0. The van der Waals surface area contributed by atoms with Crippen molar-refractivity contribution in [3.05, 3.63) is 0 Å². The summed E-state index contributed by atoms with van der Waals surface area (Å²) < 4.78 is 0. The maximum Gasteiger partial charge on any atom is 0.307 e. The van der Waals surface area contributed by atoms with Gasteiger partial charge in [0.15, 0.2) is 0 Å². The van der Waals surface area contributed by atoms with E-state index in [-0.39, 0.29) is 5.92 Å². The Morgan fingerprint density at radius 3 is 2.50 bits per heavy atom. The van der Waals surface area contributed by atoms with Crippen LogP contribution in [0.3, 0.4) is 0 Å². The third-order valence-corrected chi connectivity index (χ3v) is 2.47. The van der Waals surface area contributed by atoms with E-state index in [2.05, 4.69) is 6.92 Å². The number of hydrogen-bond donors (Lipinski definition) is 1. The van der Waals surface area contributed by atoms with Gasteiger partial charge in [0.05, 0.1) is 5.92 Å². The third-order valence-electron chi connectivity index (χ3n) is 2.47. The predicted octanol–water partition coefficient (Wildman–Crippen LogP) is 1.75. The molecule has 58 valence electrons. The van der Waals surface area contributed by atoms with Crippen LogP contribution in [0, 0.1) is 17.8 Å². The average molecular weight is 142 g/mol. The summed E-state index contributed by atoms with van der Waals surface area (Å²) in [6.07, 6.45) is 2.19. The summed E-state index contributed by atoms with van der Waals surface area (Å²) in [6, 6.07) is 0. The van der Waals surface area contributed by atoms with Crippen LogP contribution in [-0.4, -0.2) is 11.1 Å². The van der Waals surface area contributed by atoms with Gasteiger partial charge < -0.3 is 5.11 Å². The minimum atomic E-state index is -0.606. The molecule has 0 unspecified atom stereocenters. The molecule has 1 aliphatic rings. The molecule has 0 bridgehead atoms. The second-order valence-corrected chi connectivity index (χ2v) is 3.18. The highest BCUT2D eigenvalue weighted by Crippen LogP contribution is 2.48. The lowest BCUT2D eigenvalue weighted by atomic mass is 10.2. The SMILES string of the molecule is CCC[C@@H]1[C@H](C)[C@H]1C(=O)O. The van der Waals surface area contributed by atoms with Crippen molar-refractivity contribution in [3.63, 3.8) is 0 Å². The Hall–Kier alpha value is -0.530. The molecule has 0 saturated heterocycles. The van der Waals surface area contributed by atoms with E-state index in [4.69, 9.17) is 5.11 Å². The van der Waals surface area contributed by atoms with Gasteiger partial charge in [0.25, 0.3) is 0 Å². The van der Waals surface area contributed by atoms with Crippen LogP contribution in [0.2, 0.25) is 0 Å². The van der Waals surface area contributed by atoms with Crippen molar-refractivity contribution in [2.24, 2.45) is 17.8 Å². The predicted molar refractivity (Wildman–Crippen MR) is 38.7 cm³/mol. The molecule has 2 nitrogen and oxygen atoms in total. The van der Waals surface area contributed by atoms with Gasteiger partial charge in [0, 0.05) is 0 Å². The Kier molecular flexibility index (Phi) is 1.97. The first-order valence-corrected chi connectivity index (χ1v) is 3.91.